The Morgan fingerprint density at radius 1 is 1.08 bits per heavy atom. The molecule has 6 heteroatoms. The van der Waals surface area contributed by atoms with Gasteiger partial charge in [-0.05, 0) is 45.3 Å². The van der Waals surface area contributed by atoms with E-state index in [2.05, 4.69) is 58.3 Å². The average molecular weight is 361 g/mol. The van der Waals surface area contributed by atoms with Crippen LogP contribution in [0.2, 0.25) is 18.1 Å². The maximum absolute atomic E-state index is 11.8. The molecule has 5 nitrogen and oxygen atoms in total. The average Bonchev–Trinajstić information content (AvgIpc) is 2.31. The summed E-state index contributed by atoms with van der Waals surface area (Å²) in [6.07, 6.45) is 0.490. The molecular weight excluding hydrogens is 320 g/mol. The van der Waals surface area contributed by atoms with Gasteiger partial charge in [0.15, 0.2) is 8.32 Å². The van der Waals surface area contributed by atoms with E-state index in [1.165, 1.54) is 0 Å². The van der Waals surface area contributed by atoms with E-state index < -0.39 is 13.9 Å². The van der Waals surface area contributed by atoms with Crippen molar-refractivity contribution in [1.82, 2.24) is 10.6 Å². The molecular formula is C18H40N2O3Si. The highest BCUT2D eigenvalue weighted by Crippen LogP contribution is 2.36. The van der Waals surface area contributed by atoms with Gasteiger partial charge in [-0.15, -0.1) is 0 Å². The SMILES string of the molecule is CC(C)N[C@H](CCO[Si](C)(C)C(C)(C)C)CNC(=O)OC(C)(C)C. The molecule has 2 N–H and O–H groups in total. The molecule has 0 unspecified atom stereocenters. The molecule has 0 bridgehead atoms. The third kappa shape index (κ3) is 10.3. The molecule has 0 heterocycles. The van der Waals surface area contributed by atoms with E-state index >= 15 is 0 Å². The van der Waals surface area contributed by atoms with Gasteiger partial charge in [0.1, 0.15) is 5.60 Å². The predicted molar refractivity (Wildman–Crippen MR) is 104 cm³/mol. The van der Waals surface area contributed by atoms with E-state index in [0.717, 1.165) is 6.42 Å². The summed E-state index contributed by atoms with van der Waals surface area (Å²) in [6.45, 7) is 22.3. The second-order valence-electron chi connectivity index (χ2n) is 9.30. The largest absolute Gasteiger partial charge is 0.444 e. The first kappa shape index (κ1) is 23.4. The lowest BCUT2D eigenvalue weighted by Crippen LogP contribution is -2.47. The summed E-state index contributed by atoms with van der Waals surface area (Å²) in [6, 6.07) is 0.519. The van der Waals surface area contributed by atoms with Crippen molar-refractivity contribution >= 4 is 14.4 Å². The number of ether oxygens (including phenoxy) is 1. The molecule has 144 valence electrons. The van der Waals surface area contributed by atoms with Crippen molar-refractivity contribution in [3.63, 3.8) is 0 Å². The number of hydrogen-bond donors (Lipinski definition) is 2. The summed E-state index contributed by atoms with van der Waals surface area (Å²) in [5.41, 5.74) is -0.476. The number of nitrogens with one attached hydrogen (secondary N) is 2. The van der Waals surface area contributed by atoms with Gasteiger partial charge in [0.05, 0.1) is 0 Å². The van der Waals surface area contributed by atoms with E-state index in [1.807, 2.05) is 20.8 Å². The zero-order valence-electron chi connectivity index (χ0n) is 17.5. The summed E-state index contributed by atoms with van der Waals surface area (Å²) in [5.74, 6) is 0. The molecule has 0 rings (SSSR count). The van der Waals surface area contributed by atoms with Crippen LogP contribution in [0, 0.1) is 0 Å². The molecule has 0 saturated heterocycles. The molecule has 0 spiro atoms. The molecule has 0 radical (unpaired) electrons. The summed E-state index contributed by atoms with van der Waals surface area (Å²) in [7, 11) is -1.73. The molecule has 24 heavy (non-hydrogen) atoms. The Labute approximate surface area is 150 Å². The van der Waals surface area contributed by atoms with Crippen LogP contribution in [0.15, 0.2) is 0 Å². The summed E-state index contributed by atoms with van der Waals surface area (Å²) in [5, 5.41) is 6.55. The van der Waals surface area contributed by atoms with Gasteiger partial charge in [0, 0.05) is 25.2 Å². The topological polar surface area (TPSA) is 59.6 Å². The lowest BCUT2D eigenvalue weighted by atomic mass is 10.2. The van der Waals surface area contributed by atoms with Crippen LogP contribution < -0.4 is 10.6 Å². The minimum Gasteiger partial charge on any atom is -0.444 e. The van der Waals surface area contributed by atoms with Crippen molar-refractivity contribution in [2.24, 2.45) is 0 Å². The van der Waals surface area contributed by atoms with Crippen molar-refractivity contribution in [2.45, 2.75) is 97.6 Å². The zero-order chi connectivity index (χ0) is 19.2. The Morgan fingerprint density at radius 2 is 1.62 bits per heavy atom. The maximum atomic E-state index is 11.8. The van der Waals surface area contributed by atoms with Crippen LogP contribution in [0.5, 0.6) is 0 Å². The van der Waals surface area contributed by atoms with Crippen molar-refractivity contribution in [2.75, 3.05) is 13.2 Å². The molecule has 0 aromatic rings. The molecule has 1 atom stereocenters. The Bertz CT molecular complexity index is 385. The highest BCUT2D eigenvalue weighted by molar-refractivity contribution is 6.74. The highest BCUT2D eigenvalue weighted by atomic mass is 28.4. The van der Waals surface area contributed by atoms with Gasteiger partial charge < -0.3 is 19.8 Å². The third-order valence-corrected chi connectivity index (χ3v) is 8.73. The van der Waals surface area contributed by atoms with Crippen LogP contribution in [-0.4, -0.2) is 45.2 Å². The van der Waals surface area contributed by atoms with E-state index in [0.29, 0.717) is 19.2 Å². The minimum absolute atomic E-state index is 0.169. The summed E-state index contributed by atoms with van der Waals surface area (Å²) >= 11 is 0. The quantitative estimate of drug-likeness (QED) is 0.634. The smallest absolute Gasteiger partial charge is 0.407 e. The van der Waals surface area contributed by atoms with Gasteiger partial charge in [0.2, 0.25) is 0 Å². The van der Waals surface area contributed by atoms with Gasteiger partial charge in [-0.25, -0.2) is 4.79 Å². The number of carbonyl (C=O) groups is 1. The predicted octanol–water partition coefficient (Wildman–Crippen LogP) is 4.29. The van der Waals surface area contributed by atoms with Crippen molar-refractivity contribution < 1.29 is 14.0 Å². The van der Waals surface area contributed by atoms with Crippen molar-refractivity contribution in [3.8, 4) is 0 Å². The monoisotopic (exact) mass is 360 g/mol. The van der Waals surface area contributed by atoms with Crippen LogP contribution in [0.25, 0.3) is 0 Å². The molecule has 0 aliphatic rings. The van der Waals surface area contributed by atoms with Gasteiger partial charge in [-0.2, -0.15) is 0 Å². The molecule has 0 aromatic heterocycles. The lowest BCUT2D eigenvalue weighted by molar-refractivity contribution is 0.0519. The molecule has 0 saturated carbocycles. The van der Waals surface area contributed by atoms with Crippen LogP contribution in [0.1, 0.15) is 61.8 Å². The Kier molecular flexibility index (Phi) is 8.97. The first-order chi connectivity index (χ1) is 10.6. The second kappa shape index (κ2) is 9.20. The first-order valence-corrected chi connectivity index (χ1v) is 11.9. The van der Waals surface area contributed by atoms with Crippen LogP contribution >= 0.6 is 0 Å². The van der Waals surface area contributed by atoms with Crippen LogP contribution in [-0.2, 0) is 9.16 Å². The van der Waals surface area contributed by atoms with Crippen LogP contribution in [0.3, 0.4) is 0 Å². The summed E-state index contributed by atoms with van der Waals surface area (Å²) < 4.78 is 11.5. The normalized spacial score (nSPS) is 14.6. The van der Waals surface area contributed by atoms with Crippen molar-refractivity contribution in [3.05, 3.63) is 0 Å². The Hall–Kier alpha value is -0.593. The van der Waals surface area contributed by atoms with Crippen molar-refractivity contribution in [1.29, 1.82) is 0 Å². The molecule has 0 aliphatic carbocycles. The second-order valence-corrected chi connectivity index (χ2v) is 14.1. The number of carbonyl (C=O) groups excluding carboxylic acids is 1. The zero-order valence-corrected chi connectivity index (χ0v) is 18.5. The fourth-order valence-corrected chi connectivity index (χ4v) is 2.97. The number of hydrogen-bond acceptors (Lipinski definition) is 4. The molecule has 1 amide bonds. The lowest BCUT2D eigenvalue weighted by Gasteiger charge is -2.36. The van der Waals surface area contributed by atoms with Gasteiger partial charge in [-0.1, -0.05) is 34.6 Å². The van der Waals surface area contributed by atoms with Crippen LogP contribution in [0.4, 0.5) is 4.79 Å². The molecule has 0 fully saturated rings. The molecule has 0 aliphatic heterocycles. The van der Waals surface area contributed by atoms with E-state index in [-0.39, 0.29) is 17.2 Å². The maximum Gasteiger partial charge on any atom is 0.407 e. The number of rotatable bonds is 8. The Balaban J connectivity index is 4.45. The highest BCUT2D eigenvalue weighted by Gasteiger charge is 2.37. The minimum atomic E-state index is -1.73. The van der Waals surface area contributed by atoms with Gasteiger partial charge in [0.25, 0.3) is 0 Å². The first-order valence-electron chi connectivity index (χ1n) is 9.01. The van der Waals surface area contributed by atoms with E-state index in [4.69, 9.17) is 9.16 Å². The number of amides is 1. The Morgan fingerprint density at radius 3 is 2.04 bits per heavy atom. The molecule has 0 aromatic carbocycles. The number of alkyl carbamates (subject to hydrolysis) is 1. The fraction of sp³-hybridized carbons (Fsp3) is 0.944. The van der Waals surface area contributed by atoms with E-state index in [1.54, 1.807) is 0 Å². The third-order valence-electron chi connectivity index (χ3n) is 4.20. The van der Waals surface area contributed by atoms with Gasteiger partial charge in [-0.3, -0.25) is 0 Å². The standard InChI is InChI=1S/C18H40N2O3Si/c1-14(2)20-15(13-19-16(21)23-17(3,4)5)11-12-22-24(9,10)18(6,7)8/h14-15,20H,11-13H2,1-10H3,(H,19,21)/t15-/m1/s1. The fourth-order valence-electron chi connectivity index (χ4n) is 1.91. The van der Waals surface area contributed by atoms with E-state index in [9.17, 15) is 4.79 Å². The summed E-state index contributed by atoms with van der Waals surface area (Å²) in [4.78, 5) is 11.8. The van der Waals surface area contributed by atoms with Gasteiger partial charge >= 0.3 is 6.09 Å².